The molecule has 158 valence electrons. The van der Waals surface area contributed by atoms with Gasteiger partial charge >= 0.3 is 5.97 Å². The van der Waals surface area contributed by atoms with Crippen LogP contribution in [0.4, 0.5) is 4.39 Å². The average Bonchev–Trinajstić information content (AvgIpc) is 3.34. The summed E-state index contributed by atoms with van der Waals surface area (Å²) in [4.78, 5) is 18.1. The summed E-state index contributed by atoms with van der Waals surface area (Å²) >= 11 is 1.33. The molecule has 4 rings (SSSR count). The maximum atomic E-state index is 13.2. The highest BCUT2D eigenvalue weighted by Gasteiger charge is 2.30. The second-order valence-electron chi connectivity index (χ2n) is 6.99. The molecule has 0 saturated carbocycles. The number of carbonyl (C=O) groups excluding carboxylic acids is 1. The van der Waals surface area contributed by atoms with Crippen LogP contribution in [0.15, 0.2) is 59.7 Å². The average molecular weight is 437 g/mol. The molecule has 1 aromatic heterocycles. The van der Waals surface area contributed by atoms with Gasteiger partial charge in [0.2, 0.25) is 0 Å². The van der Waals surface area contributed by atoms with E-state index in [4.69, 9.17) is 10.1 Å². The molecule has 2 heterocycles. The van der Waals surface area contributed by atoms with Gasteiger partial charge in [-0.15, -0.1) is 11.3 Å². The molecule has 6 nitrogen and oxygen atoms in total. The zero-order valence-corrected chi connectivity index (χ0v) is 17.6. The van der Waals surface area contributed by atoms with Crippen molar-refractivity contribution in [3.05, 3.63) is 81.6 Å². The van der Waals surface area contributed by atoms with Crippen molar-refractivity contribution in [3.63, 3.8) is 0 Å². The molecule has 8 heteroatoms. The van der Waals surface area contributed by atoms with Gasteiger partial charge in [0.25, 0.3) is 0 Å². The predicted octanol–water partition coefficient (Wildman–Crippen LogP) is 4.89. The summed E-state index contributed by atoms with van der Waals surface area (Å²) in [6, 6.07) is 13.0. The summed E-state index contributed by atoms with van der Waals surface area (Å²) in [5.41, 5.74) is 3.22. The van der Waals surface area contributed by atoms with E-state index in [1.165, 1.54) is 23.5 Å². The number of thiazole rings is 1. The number of rotatable bonds is 6. The first-order valence-corrected chi connectivity index (χ1v) is 10.6. The molecule has 0 spiro atoms. The number of hydrogen-bond acceptors (Lipinski definition) is 6. The lowest BCUT2D eigenvalue weighted by atomic mass is 10.1. The molecule has 0 unspecified atom stereocenters. The van der Waals surface area contributed by atoms with E-state index in [-0.39, 0.29) is 29.9 Å². The summed E-state index contributed by atoms with van der Waals surface area (Å²) in [6.07, 6.45) is 0. The van der Waals surface area contributed by atoms with Crippen LogP contribution < -0.4 is 0 Å². The lowest BCUT2D eigenvalue weighted by Gasteiger charge is -2.18. The van der Waals surface area contributed by atoms with Gasteiger partial charge in [0.1, 0.15) is 22.4 Å². The van der Waals surface area contributed by atoms with Gasteiger partial charge < -0.3 is 14.7 Å². The third kappa shape index (κ3) is 4.34. The smallest absolute Gasteiger partial charge is 0.338 e. The first-order valence-electron chi connectivity index (χ1n) is 9.70. The first-order chi connectivity index (χ1) is 15.0. The summed E-state index contributed by atoms with van der Waals surface area (Å²) in [6.45, 7) is 2.69. The highest BCUT2D eigenvalue weighted by Crippen LogP contribution is 2.32. The van der Waals surface area contributed by atoms with Gasteiger partial charge in [0.05, 0.1) is 30.0 Å². The van der Waals surface area contributed by atoms with Crippen LogP contribution in [0, 0.1) is 11.2 Å². The number of amidine groups is 1. The fourth-order valence-electron chi connectivity index (χ4n) is 3.32. The number of nitrogens with zero attached hydrogens (tertiary/aromatic N) is 2. The van der Waals surface area contributed by atoms with E-state index in [0.717, 1.165) is 11.1 Å². The number of ether oxygens (including phenoxy) is 1. The standard InChI is InChI=1S/C23H20FN3O3S/c1-2-30-23(29)16-5-3-14(4-6-16)11-27-12-19(28)20(21(27)25)22-26-18(13-31-22)15-7-9-17(24)10-8-15/h3-10,13,25,28H,2,11-12H2,1H3. The molecule has 31 heavy (non-hydrogen) atoms. The SMILES string of the molecule is CCOC(=O)c1ccc(CN2CC(O)=C(c3nc(-c4ccc(F)cc4)cs3)C2=N)cc1. The maximum Gasteiger partial charge on any atom is 0.338 e. The fraction of sp³-hybridized carbons (Fsp3) is 0.174. The number of aliphatic hydroxyl groups excluding tert-OH is 1. The van der Waals surface area contributed by atoms with E-state index >= 15 is 0 Å². The molecule has 0 atom stereocenters. The van der Waals surface area contributed by atoms with Crippen molar-refractivity contribution in [3.8, 4) is 11.3 Å². The van der Waals surface area contributed by atoms with Crippen LogP contribution in [-0.2, 0) is 11.3 Å². The quantitative estimate of drug-likeness (QED) is 0.537. The van der Waals surface area contributed by atoms with E-state index < -0.39 is 0 Å². The second kappa shape index (κ2) is 8.69. The number of aliphatic hydroxyl groups is 1. The maximum absolute atomic E-state index is 13.2. The van der Waals surface area contributed by atoms with Crippen molar-refractivity contribution < 1.29 is 19.0 Å². The van der Waals surface area contributed by atoms with Crippen LogP contribution in [0.1, 0.15) is 27.9 Å². The van der Waals surface area contributed by atoms with E-state index in [1.807, 2.05) is 17.5 Å². The predicted molar refractivity (Wildman–Crippen MR) is 118 cm³/mol. The number of hydrogen-bond donors (Lipinski definition) is 2. The second-order valence-corrected chi connectivity index (χ2v) is 7.85. The molecule has 2 N–H and O–H groups in total. The topological polar surface area (TPSA) is 86.5 Å². The van der Waals surface area contributed by atoms with E-state index in [9.17, 15) is 14.3 Å². The highest BCUT2D eigenvalue weighted by molar-refractivity contribution is 7.11. The Balaban J connectivity index is 1.47. The largest absolute Gasteiger partial charge is 0.510 e. The molecule has 1 aliphatic rings. The minimum absolute atomic E-state index is 0.0909. The number of nitrogens with one attached hydrogen (secondary N) is 1. The van der Waals surface area contributed by atoms with Crippen LogP contribution in [0.2, 0.25) is 0 Å². The van der Waals surface area contributed by atoms with Gasteiger partial charge in [-0.05, 0) is 48.9 Å². The number of aromatic nitrogens is 1. The third-order valence-electron chi connectivity index (χ3n) is 4.88. The monoisotopic (exact) mass is 437 g/mol. The Morgan fingerprint density at radius 1 is 1.23 bits per heavy atom. The van der Waals surface area contributed by atoms with Crippen LogP contribution in [0.25, 0.3) is 16.8 Å². The highest BCUT2D eigenvalue weighted by atomic mass is 32.1. The Kier molecular flexibility index (Phi) is 5.81. The molecule has 0 fully saturated rings. The molecule has 0 radical (unpaired) electrons. The van der Waals surface area contributed by atoms with Gasteiger partial charge in [-0.25, -0.2) is 14.2 Å². The van der Waals surface area contributed by atoms with Crippen LogP contribution in [0.5, 0.6) is 0 Å². The molecule has 3 aromatic rings. The Labute approximate surface area is 182 Å². The third-order valence-corrected chi connectivity index (χ3v) is 5.74. The van der Waals surface area contributed by atoms with Crippen molar-refractivity contribution in [1.29, 1.82) is 5.41 Å². The van der Waals surface area contributed by atoms with Crippen molar-refractivity contribution in [2.24, 2.45) is 0 Å². The zero-order valence-electron chi connectivity index (χ0n) is 16.8. The van der Waals surface area contributed by atoms with Gasteiger partial charge in [-0.1, -0.05) is 12.1 Å². The Morgan fingerprint density at radius 3 is 2.61 bits per heavy atom. The van der Waals surface area contributed by atoms with Gasteiger partial charge in [-0.3, -0.25) is 5.41 Å². The zero-order chi connectivity index (χ0) is 22.0. The molecule has 0 bridgehead atoms. The lowest BCUT2D eigenvalue weighted by molar-refractivity contribution is 0.0526. The molecule has 0 amide bonds. The fourth-order valence-corrected chi connectivity index (χ4v) is 4.21. The van der Waals surface area contributed by atoms with E-state index in [1.54, 1.807) is 36.1 Å². The molecule has 2 aromatic carbocycles. The normalized spacial score (nSPS) is 13.7. The van der Waals surface area contributed by atoms with Crippen molar-refractivity contribution >= 4 is 28.7 Å². The Hall–Kier alpha value is -3.52. The first kappa shape index (κ1) is 20.7. The van der Waals surface area contributed by atoms with Gasteiger partial charge in [-0.2, -0.15) is 0 Å². The minimum Gasteiger partial charge on any atom is -0.510 e. The van der Waals surface area contributed by atoms with Gasteiger partial charge in [0.15, 0.2) is 0 Å². The van der Waals surface area contributed by atoms with E-state index in [0.29, 0.717) is 35.0 Å². The number of esters is 1. The number of halogens is 1. The molecular weight excluding hydrogens is 417 g/mol. The van der Waals surface area contributed by atoms with Crippen molar-refractivity contribution in [2.45, 2.75) is 13.5 Å². The number of benzene rings is 2. The summed E-state index contributed by atoms with van der Waals surface area (Å²) in [5.74, 6) is -0.409. The van der Waals surface area contributed by atoms with Crippen LogP contribution in [0.3, 0.4) is 0 Å². The van der Waals surface area contributed by atoms with E-state index in [2.05, 4.69) is 4.98 Å². The Morgan fingerprint density at radius 2 is 1.94 bits per heavy atom. The number of carbonyl (C=O) groups is 1. The van der Waals surface area contributed by atoms with Crippen molar-refractivity contribution in [1.82, 2.24) is 9.88 Å². The summed E-state index contributed by atoms with van der Waals surface area (Å²) < 4.78 is 18.1. The Bertz CT molecular complexity index is 1150. The molecule has 0 aliphatic carbocycles. The van der Waals surface area contributed by atoms with Crippen molar-refractivity contribution in [2.75, 3.05) is 13.2 Å². The lowest BCUT2D eigenvalue weighted by Crippen LogP contribution is -2.26. The summed E-state index contributed by atoms with van der Waals surface area (Å²) in [5, 5.41) is 21.4. The summed E-state index contributed by atoms with van der Waals surface area (Å²) in [7, 11) is 0. The molecule has 0 saturated heterocycles. The van der Waals surface area contributed by atoms with Gasteiger partial charge in [0, 0.05) is 17.5 Å². The molecular formula is C23H20FN3O3S. The van der Waals surface area contributed by atoms with Crippen LogP contribution in [-0.4, -0.2) is 39.9 Å². The van der Waals surface area contributed by atoms with Crippen LogP contribution >= 0.6 is 11.3 Å². The molecule has 1 aliphatic heterocycles. The minimum atomic E-state index is -0.370.